The number of rotatable bonds is 6. The lowest BCUT2D eigenvalue weighted by Crippen LogP contribution is -2.50. The van der Waals surface area contributed by atoms with Gasteiger partial charge in [0.15, 0.2) is 0 Å². The summed E-state index contributed by atoms with van der Waals surface area (Å²) in [4.78, 5) is 25.3. The second-order valence-electron chi connectivity index (χ2n) is 8.90. The van der Waals surface area contributed by atoms with Crippen molar-refractivity contribution in [2.45, 2.75) is 24.8 Å². The Morgan fingerprint density at radius 3 is 2.42 bits per heavy atom. The van der Waals surface area contributed by atoms with E-state index in [0.29, 0.717) is 26.2 Å². The quantitative estimate of drug-likeness (QED) is 0.432. The number of fused-ring (bicyclic) bond motifs is 1. The highest BCUT2D eigenvalue weighted by Gasteiger charge is 2.27. The third kappa shape index (κ3) is 4.64. The summed E-state index contributed by atoms with van der Waals surface area (Å²) in [6.45, 7) is 6.56. The number of aromatic nitrogens is 3. The predicted molar refractivity (Wildman–Crippen MR) is 139 cm³/mol. The molecule has 0 spiro atoms. The van der Waals surface area contributed by atoms with Crippen LogP contribution in [0.4, 0.5) is 11.5 Å². The van der Waals surface area contributed by atoms with Crippen molar-refractivity contribution >= 4 is 38.3 Å². The van der Waals surface area contributed by atoms with E-state index in [4.69, 9.17) is 0 Å². The molecule has 1 unspecified atom stereocenters. The Balaban J connectivity index is 1.23. The topological polar surface area (TPSA) is 100 Å². The van der Waals surface area contributed by atoms with Crippen LogP contribution in [-0.4, -0.2) is 59.9 Å². The van der Waals surface area contributed by atoms with Gasteiger partial charge >= 0.3 is 0 Å². The minimum absolute atomic E-state index is 0.108. The summed E-state index contributed by atoms with van der Waals surface area (Å²) in [5.41, 5.74) is 3.06. The third-order valence-corrected chi connectivity index (χ3v) is 7.98. The zero-order valence-corrected chi connectivity index (χ0v) is 21.0. The highest BCUT2D eigenvalue weighted by Crippen LogP contribution is 2.26. The first-order chi connectivity index (χ1) is 17.3. The number of carbonyl (C=O) groups is 1. The van der Waals surface area contributed by atoms with E-state index in [-0.39, 0.29) is 22.7 Å². The monoisotopic (exact) mass is 504 g/mol. The number of nitrogens with zero attached hydrogens (tertiary/aromatic N) is 5. The zero-order chi connectivity index (χ0) is 25.3. The lowest BCUT2D eigenvalue weighted by molar-refractivity contribution is -0.134. The molecule has 3 heterocycles. The zero-order valence-electron chi connectivity index (χ0n) is 20.2. The number of nitrogens with one attached hydrogen (secondary N) is 1. The first-order valence-corrected chi connectivity index (χ1v) is 13.3. The van der Waals surface area contributed by atoms with Gasteiger partial charge in [0.2, 0.25) is 5.91 Å². The van der Waals surface area contributed by atoms with Gasteiger partial charge in [-0.05, 0) is 61.7 Å². The summed E-state index contributed by atoms with van der Waals surface area (Å²) in [7, 11) is -3.75. The fourth-order valence-electron chi connectivity index (χ4n) is 4.77. The van der Waals surface area contributed by atoms with Crippen molar-refractivity contribution < 1.29 is 13.2 Å². The molecule has 0 bridgehead atoms. The van der Waals surface area contributed by atoms with Gasteiger partial charge in [-0.3, -0.25) is 9.52 Å². The normalized spacial score (nSPS) is 15.2. The number of sulfonamides is 1. The maximum Gasteiger partial charge on any atom is 0.263 e. The lowest BCUT2D eigenvalue weighted by atomic mass is 10.2. The van der Waals surface area contributed by atoms with E-state index in [2.05, 4.69) is 42.4 Å². The van der Waals surface area contributed by atoms with E-state index < -0.39 is 10.0 Å². The van der Waals surface area contributed by atoms with Gasteiger partial charge in [0.1, 0.15) is 18.2 Å². The van der Waals surface area contributed by atoms with Crippen LogP contribution in [0, 0.1) is 6.92 Å². The molecule has 1 N–H and O–H groups in total. The molecule has 1 saturated heterocycles. The second kappa shape index (κ2) is 9.62. The standard InChI is InChI=1S/C26H28N6O3S/c1-19-17-21-5-3-4-6-24(21)32(19)20(2)26(33)31-15-13-30(14-16-31)22-7-9-23(10-8-22)36(34,35)29-25-11-12-27-18-28-25/h3-12,17-18,20H,13-16H2,1-2H3,(H,27,28,29). The maximum absolute atomic E-state index is 13.3. The lowest BCUT2D eigenvalue weighted by Gasteiger charge is -2.37. The highest BCUT2D eigenvalue weighted by atomic mass is 32.2. The largest absolute Gasteiger partial charge is 0.368 e. The maximum atomic E-state index is 13.3. The number of piperazine rings is 1. The molecular formula is C26H28N6O3S. The molecule has 1 aliphatic rings. The molecule has 186 valence electrons. The number of hydrogen-bond donors (Lipinski definition) is 1. The Labute approximate surface area is 210 Å². The van der Waals surface area contributed by atoms with Crippen molar-refractivity contribution in [1.82, 2.24) is 19.4 Å². The average molecular weight is 505 g/mol. The van der Waals surface area contributed by atoms with Crippen molar-refractivity contribution in [3.05, 3.63) is 78.9 Å². The Morgan fingerprint density at radius 2 is 1.72 bits per heavy atom. The molecule has 10 heteroatoms. The number of aryl methyl sites for hydroxylation is 1. The molecule has 1 atom stereocenters. The first kappa shape index (κ1) is 23.8. The second-order valence-corrected chi connectivity index (χ2v) is 10.6. The number of para-hydroxylation sites is 1. The van der Waals surface area contributed by atoms with E-state index >= 15 is 0 Å². The van der Waals surface area contributed by atoms with E-state index in [1.807, 2.05) is 30.9 Å². The Hall–Kier alpha value is -3.92. The smallest absolute Gasteiger partial charge is 0.263 e. The number of amides is 1. The Kier molecular flexibility index (Phi) is 6.36. The number of hydrogen-bond acceptors (Lipinski definition) is 6. The molecule has 1 aliphatic heterocycles. The Bertz CT molecular complexity index is 1480. The summed E-state index contributed by atoms with van der Waals surface area (Å²) in [6.07, 6.45) is 2.76. The molecule has 5 rings (SSSR count). The molecule has 4 aromatic rings. The molecule has 1 amide bonds. The molecule has 0 radical (unpaired) electrons. The van der Waals surface area contributed by atoms with E-state index in [9.17, 15) is 13.2 Å². The summed E-state index contributed by atoms with van der Waals surface area (Å²) in [6, 6.07) is 18.2. The van der Waals surface area contributed by atoms with Crippen LogP contribution in [0.2, 0.25) is 0 Å². The molecule has 0 aliphatic carbocycles. The van der Waals surface area contributed by atoms with Crippen LogP contribution in [0.3, 0.4) is 0 Å². The molecule has 1 fully saturated rings. The van der Waals surface area contributed by atoms with Crippen molar-refractivity contribution in [2.75, 3.05) is 35.8 Å². The fourth-order valence-corrected chi connectivity index (χ4v) is 5.78. The summed E-state index contributed by atoms with van der Waals surface area (Å²) in [5, 5.41) is 1.14. The molecule has 2 aromatic carbocycles. The predicted octanol–water partition coefficient (Wildman–Crippen LogP) is 3.45. The summed E-state index contributed by atoms with van der Waals surface area (Å²) >= 11 is 0. The molecular weight excluding hydrogens is 476 g/mol. The molecule has 2 aromatic heterocycles. The molecule has 0 saturated carbocycles. The van der Waals surface area contributed by atoms with E-state index in [1.54, 1.807) is 24.3 Å². The molecule has 36 heavy (non-hydrogen) atoms. The van der Waals surface area contributed by atoms with Gasteiger partial charge in [-0.25, -0.2) is 18.4 Å². The van der Waals surface area contributed by atoms with Crippen LogP contribution in [0.25, 0.3) is 10.9 Å². The van der Waals surface area contributed by atoms with Crippen LogP contribution in [0.5, 0.6) is 0 Å². The number of benzene rings is 2. The fraction of sp³-hybridized carbons (Fsp3) is 0.269. The van der Waals surface area contributed by atoms with Crippen LogP contribution < -0.4 is 9.62 Å². The van der Waals surface area contributed by atoms with E-state index in [1.165, 1.54) is 18.6 Å². The first-order valence-electron chi connectivity index (χ1n) is 11.8. The minimum atomic E-state index is -3.75. The van der Waals surface area contributed by atoms with Crippen molar-refractivity contribution in [1.29, 1.82) is 0 Å². The summed E-state index contributed by atoms with van der Waals surface area (Å²) in [5.74, 6) is 0.323. The van der Waals surface area contributed by atoms with Gasteiger partial charge in [0, 0.05) is 49.3 Å². The van der Waals surface area contributed by atoms with Crippen LogP contribution in [0.15, 0.2) is 78.1 Å². The summed E-state index contributed by atoms with van der Waals surface area (Å²) < 4.78 is 29.8. The van der Waals surface area contributed by atoms with Gasteiger partial charge < -0.3 is 14.4 Å². The molecule has 9 nitrogen and oxygen atoms in total. The van der Waals surface area contributed by atoms with Crippen molar-refractivity contribution in [3.63, 3.8) is 0 Å². The van der Waals surface area contributed by atoms with Crippen molar-refractivity contribution in [3.8, 4) is 0 Å². The van der Waals surface area contributed by atoms with Gasteiger partial charge in [-0.2, -0.15) is 0 Å². The van der Waals surface area contributed by atoms with Gasteiger partial charge in [0.05, 0.1) is 4.90 Å². The highest BCUT2D eigenvalue weighted by molar-refractivity contribution is 7.92. The number of anilines is 2. The SMILES string of the molecule is Cc1cc2ccccc2n1C(C)C(=O)N1CCN(c2ccc(S(=O)(=O)Nc3ccncn3)cc2)CC1. The number of carbonyl (C=O) groups excluding carboxylic acids is 1. The van der Waals surface area contributed by atoms with Gasteiger partial charge in [0.25, 0.3) is 10.0 Å². The minimum Gasteiger partial charge on any atom is -0.368 e. The van der Waals surface area contributed by atoms with Crippen LogP contribution >= 0.6 is 0 Å². The van der Waals surface area contributed by atoms with Gasteiger partial charge in [-0.1, -0.05) is 18.2 Å². The average Bonchev–Trinajstić information content (AvgIpc) is 3.24. The van der Waals surface area contributed by atoms with Crippen LogP contribution in [0.1, 0.15) is 18.7 Å². The Morgan fingerprint density at radius 1 is 1.00 bits per heavy atom. The van der Waals surface area contributed by atoms with Gasteiger partial charge in [-0.15, -0.1) is 0 Å². The van der Waals surface area contributed by atoms with Crippen LogP contribution in [-0.2, 0) is 14.8 Å². The van der Waals surface area contributed by atoms with Crippen molar-refractivity contribution in [2.24, 2.45) is 0 Å². The van der Waals surface area contributed by atoms with E-state index in [0.717, 1.165) is 22.3 Å². The third-order valence-electron chi connectivity index (χ3n) is 6.61.